The van der Waals surface area contributed by atoms with E-state index in [1.165, 1.54) is 16.2 Å². The van der Waals surface area contributed by atoms with Crippen molar-refractivity contribution in [2.45, 2.75) is 0 Å². The Labute approximate surface area is 561 Å². The summed E-state index contributed by atoms with van der Waals surface area (Å²) in [7, 11) is 0. The highest BCUT2D eigenvalue weighted by Gasteiger charge is 2.24. The zero-order valence-electron chi connectivity index (χ0n) is 52.5. The first kappa shape index (κ1) is 55.2. The molecule has 8 heteroatoms. The van der Waals surface area contributed by atoms with E-state index in [0.717, 1.165) is 159 Å². The Morgan fingerprint density at radius 1 is 0.173 bits per heavy atom. The van der Waals surface area contributed by atoms with Gasteiger partial charge >= 0.3 is 0 Å². The summed E-state index contributed by atoms with van der Waals surface area (Å²) in [6, 6.07) is 111. The molecule has 0 radical (unpaired) electrons. The van der Waals surface area contributed by atoms with Crippen molar-refractivity contribution >= 4 is 109 Å². The van der Waals surface area contributed by atoms with Crippen molar-refractivity contribution in [2.24, 2.45) is 0 Å². The van der Waals surface area contributed by atoms with Crippen molar-refractivity contribution in [3.8, 4) is 102 Å². The molecule has 0 aliphatic heterocycles. The van der Waals surface area contributed by atoms with E-state index in [4.69, 9.17) is 38.7 Å². The molecule has 0 amide bonds. The predicted molar refractivity (Wildman–Crippen MR) is 402 cm³/mol. The lowest BCUT2D eigenvalue weighted by atomic mass is 9.94. The molecule has 0 aliphatic carbocycles. The Balaban J connectivity index is 0.675. The molecule has 0 atom stereocenters. The average Bonchev–Trinajstić information content (AvgIpc) is 1.18. The van der Waals surface area contributed by atoms with Gasteiger partial charge in [-0.3, -0.25) is 0 Å². The summed E-state index contributed by atoms with van der Waals surface area (Å²) in [5.74, 6) is 3.49. The Hall–Kier alpha value is -13.3. The number of para-hydroxylation sites is 1. The number of rotatable bonds is 9. The number of furan rings is 2. The molecule has 0 N–H and O–H groups in total. The third-order valence-corrected chi connectivity index (χ3v) is 19.6. The van der Waals surface area contributed by atoms with Crippen LogP contribution in [0, 0.1) is 0 Å². The van der Waals surface area contributed by atoms with Crippen LogP contribution in [0.3, 0.4) is 0 Å². The molecule has 20 rings (SSSR count). The first-order chi connectivity index (χ1) is 48.5. The lowest BCUT2D eigenvalue weighted by Gasteiger charge is -2.13. The molecule has 20 aromatic rings. The average molecular weight is 1250 g/mol. The lowest BCUT2D eigenvalue weighted by Crippen LogP contribution is -2.01. The molecule has 98 heavy (non-hydrogen) atoms. The Kier molecular flexibility index (Phi) is 12.5. The van der Waals surface area contributed by atoms with E-state index in [1.807, 2.05) is 48.5 Å². The fourth-order valence-corrected chi connectivity index (χ4v) is 14.8. The van der Waals surface area contributed by atoms with Crippen LogP contribution >= 0.6 is 0 Å². The smallest absolute Gasteiger partial charge is 0.164 e. The highest BCUT2D eigenvalue weighted by molar-refractivity contribution is 6.18. The molecule has 0 bridgehead atoms. The first-order valence-corrected chi connectivity index (χ1v) is 33.0. The molecule has 0 spiro atoms. The predicted octanol–water partition coefficient (Wildman–Crippen LogP) is 23.8. The van der Waals surface area contributed by atoms with Crippen LogP contribution in [0.2, 0.25) is 0 Å². The van der Waals surface area contributed by atoms with Crippen molar-refractivity contribution in [1.82, 2.24) is 29.9 Å². The van der Waals surface area contributed by atoms with Crippen LogP contribution in [-0.2, 0) is 0 Å². The van der Waals surface area contributed by atoms with Gasteiger partial charge in [-0.15, -0.1) is 0 Å². The van der Waals surface area contributed by atoms with Crippen LogP contribution in [0.4, 0.5) is 0 Å². The highest BCUT2D eigenvalue weighted by atomic mass is 16.3. The van der Waals surface area contributed by atoms with Crippen LogP contribution in [0.25, 0.3) is 210 Å². The Morgan fingerprint density at radius 2 is 0.602 bits per heavy atom. The highest BCUT2D eigenvalue weighted by Crippen LogP contribution is 2.45. The van der Waals surface area contributed by atoms with Crippen molar-refractivity contribution in [1.29, 1.82) is 0 Å². The summed E-state index contributed by atoms with van der Waals surface area (Å²) in [6.07, 6.45) is 0. The van der Waals surface area contributed by atoms with Gasteiger partial charge in [0.25, 0.3) is 0 Å². The van der Waals surface area contributed by atoms with Gasteiger partial charge in [0.2, 0.25) is 0 Å². The fraction of sp³-hybridized carbons (Fsp3) is 0. The Morgan fingerprint density at radius 3 is 1.32 bits per heavy atom. The number of fused-ring (bicyclic) bond motifs is 15. The zero-order valence-corrected chi connectivity index (χ0v) is 52.5. The van der Waals surface area contributed by atoms with Crippen molar-refractivity contribution in [3.63, 3.8) is 0 Å². The monoisotopic (exact) mass is 1250 g/mol. The molecule has 0 saturated heterocycles. The summed E-state index contributed by atoms with van der Waals surface area (Å²) < 4.78 is 13.6. The van der Waals surface area contributed by atoms with Gasteiger partial charge in [0.1, 0.15) is 22.3 Å². The van der Waals surface area contributed by atoms with E-state index in [-0.39, 0.29) is 0 Å². The number of aromatic nitrogens is 6. The summed E-state index contributed by atoms with van der Waals surface area (Å²) in [4.78, 5) is 32.0. The van der Waals surface area contributed by atoms with Gasteiger partial charge in [0, 0.05) is 60.5 Å². The van der Waals surface area contributed by atoms with E-state index in [9.17, 15) is 0 Å². The number of hydrogen-bond donors (Lipinski definition) is 0. The van der Waals surface area contributed by atoms with Gasteiger partial charge in [0.15, 0.2) is 34.9 Å². The van der Waals surface area contributed by atoms with Gasteiger partial charge < -0.3 is 8.83 Å². The molecule has 16 aromatic carbocycles. The molecule has 4 heterocycles. The summed E-state index contributed by atoms with van der Waals surface area (Å²) in [6.45, 7) is 0. The molecule has 454 valence electrons. The second kappa shape index (κ2) is 22.2. The molecule has 8 nitrogen and oxygen atoms in total. The molecule has 4 aromatic heterocycles. The maximum Gasteiger partial charge on any atom is 0.164 e. The van der Waals surface area contributed by atoms with Gasteiger partial charge in [-0.05, 0) is 153 Å². The molecule has 0 fully saturated rings. The largest absolute Gasteiger partial charge is 0.456 e. The standard InChI is InChI=1S/C90H52N6O2/c1-3-16-53(17-4-1)61-43-45-73-81(52-61)97-80-29-15-27-74(82(73)80)88-94-86(64-40-37-57-35-34-55-18-7-9-22-66(55)76(57)50-64)91-87(95-88)65-41-38-58-36-39-63-48-60(42-44-68(63)77(58)51-65)54-30-32-56(33-31-54)69-46-47-75(83-72-26-13-14-28-79(72)98-84(69)83)89-92-85(59-19-5-2-6-20-59)93-90(96-89)78-49-62-21-8-10-23-67(62)70-24-11-12-25-71(70)78/h1-52H. The molecule has 0 aliphatic rings. The van der Waals surface area contributed by atoms with Gasteiger partial charge in [-0.2, -0.15) is 0 Å². The van der Waals surface area contributed by atoms with E-state index in [0.29, 0.717) is 34.9 Å². The van der Waals surface area contributed by atoms with E-state index in [1.54, 1.807) is 0 Å². The Bertz CT molecular complexity index is 6680. The lowest BCUT2D eigenvalue weighted by molar-refractivity contribution is 0.669. The van der Waals surface area contributed by atoms with Crippen LogP contribution in [0.5, 0.6) is 0 Å². The molecule has 0 saturated carbocycles. The van der Waals surface area contributed by atoms with E-state index >= 15 is 0 Å². The molecular weight excluding hydrogens is 1200 g/mol. The number of hydrogen-bond acceptors (Lipinski definition) is 8. The molecule has 0 unspecified atom stereocenters. The summed E-state index contributed by atoms with van der Waals surface area (Å²) in [5, 5.41) is 17.5. The van der Waals surface area contributed by atoms with Crippen molar-refractivity contribution in [3.05, 3.63) is 315 Å². The maximum atomic E-state index is 6.91. The maximum absolute atomic E-state index is 6.91. The van der Waals surface area contributed by atoms with E-state index in [2.05, 4.69) is 267 Å². The van der Waals surface area contributed by atoms with E-state index < -0.39 is 0 Å². The van der Waals surface area contributed by atoms with Crippen LogP contribution < -0.4 is 0 Å². The quantitative estimate of drug-likeness (QED) is 0.132. The fourth-order valence-electron chi connectivity index (χ4n) is 14.8. The zero-order chi connectivity index (χ0) is 64.4. The minimum absolute atomic E-state index is 0.564. The summed E-state index contributed by atoms with van der Waals surface area (Å²) in [5.41, 5.74) is 14.9. The topological polar surface area (TPSA) is 104 Å². The minimum Gasteiger partial charge on any atom is -0.456 e. The van der Waals surface area contributed by atoms with Crippen LogP contribution in [-0.4, -0.2) is 29.9 Å². The van der Waals surface area contributed by atoms with Gasteiger partial charge in [0.05, 0.1) is 0 Å². The van der Waals surface area contributed by atoms with Crippen molar-refractivity contribution < 1.29 is 8.83 Å². The van der Waals surface area contributed by atoms with Crippen molar-refractivity contribution in [2.75, 3.05) is 0 Å². The second-order valence-corrected chi connectivity index (χ2v) is 25.2. The number of nitrogens with zero attached hydrogens (tertiary/aromatic N) is 6. The van der Waals surface area contributed by atoms with Gasteiger partial charge in [-0.25, -0.2) is 29.9 Å². The number of benzene rings is 16. The van der Waals surface area contributed by atoms with Gasteiger partial charge in [-0.1, -0.05) is 255 Å². The van der Waals surface area contributed by atoms with Crippen LogP contribution in [0.1, 0.15) is 0 Å². The first-order valence-electron chi connectivity index (χ1n) is 33.0. The second-order valence-electron chi connectivity index (χ2n) is 25.2. The SMILES string of the molecule is c1ccc(-c2ccc3c(c2)oc2cccc(-c4nc(-c5ccc6ccc7ccccc7c6c5)nc(-c5ccc6ccc7cc(-c8ccc(-c9ccc(-c%10nc(-c%11ccccc%11)nc(-c%11cc%12ccccc%12c%12ccccc%11%12)n%10)c%10c9oc9ccccc9%10)cc8)ccc7c6c5)n4)c23)cc1. The molecular formula is C90H52N6O2. The minimum atomic E-state index is 0.564. The summed E-state index contributed by atoms with van der Waals surface area (Å²) >= 11 is 0. The third-order valence-electron chi connectivity index (χ3n) is 19.6. The van der Waals surface area contributed by atoms with Crippen LogP contribution in [0.15, 0.2) is 324 Å². The third kappa shape index (κ3) is 9.14. The normalized spacial score (nSPS) is 11.9.